The quantitative estimate of drug-likeness (QED) is 0.814. The molecule has 4 nitrogen and oxygen atoms in total. The van der Waals surface area contributed by atoms with Gasteiger partial charge in [-0.15, -0.1) is 0 Å². The van der Waals surface area contributed by atoms with E-state index in [4.69, 9.17) is 11.6 Å². The molecule has 94 valence electrons. The van der Waals surface area contributed by atoms with Crippen molar-refractivity contribution in [3.05, 3.63) is 53.1 Å². The fraction of sp³-hybridized carbons (Fsp3) is 0.231. The molecule has 2 aromatic rings. The summed E-state index contributed by atoms with van der Waals surface area (Å²) in [4.78, 5) is 18.9. The maximum atomic E-state index is 11.8. The molecule has 1 aromatic heterocycles. The molecule has 5 heteroatoms. The normalized spacial score (nSPS) is 10.3. The summed E-state index contributed by atoms with van der Waals surface area (Å²) in [6.45, 7) is 0.602. The largest absolute Gasteiger partial charge is 0.352 e. The van der Waals surface area contributed by atoms with Crippen molar-refractivity contribution in [1.29, 1.82) is 0 Å². The molecule has 1 aromatic carbocycles. The molecular weight excluding hydrogens is 250 g/mol. The van der Waals surface area contributed by atoms with Crippen LogP contribution in [0.5, 0.6) is 0 Å². The second-order valence-corrected chi connectivity index (χ2v) is 4.28. The average Bonchev–Trinajstić information content (AvgIpc) is 2.88. The molecule has 0 saturated heterocycles. The van der Waals surface area contributed by atoms with Gasteiger partial charge in [0.25, 0.3) is 5.91 Å². The Morgan fingerprint density at radius 2 is 2.22 bits per heavy atom. The number of aryl methyl sites for hydroxylation is 1. The van der Waals surface area contributed by atoms with Crippen LogP contribution >= 0.6 is 11.6 Å². The lowest BCUT2D eigenvalue weighted by atomic mass is 10.2. The zero-order valence-corrected chi connectivity index (χ0v) is 10.6. The van der Waals surface area contributed by atoms with Crippen molar-refractivity contribution >= 4 is 17.5 Å². The number of H-pyrrole nitrogens is 1. The average molecular weight is 264 g/mol. The lowest BCUT2D eigenvalue weighted by molar-refractivity contribution is 0.0953. The standard InChI is InChI=1S/C13H14ClN3O/c14-11-5-2-1-4-10(11)13(18)17-7-3-6-12-15-8-9-16-12/h1-2,4-5,8-9H,3,6-7H2,(H,15,16)(H,17,18). The Labute approximate surface area is 110 Å². The molecule has 0 aliphatic heterocycles. The van der Waals surface area contributed by atoms with Crippen molar-refractivity contribution in [1.82, 2.24) is 15.3 Å². The Kier molecular flexibility index (Phi) is 4.36. The number of aromatic nitrogens is 2. The first-order valence-electron chi connectivity index (χ1n) is 5.78. The van der Waals surface area contributed by atoms with Crippen LogP contribution in [0.3, 0.4) is 0 Å². The lowest BCUT2D eigenvalue weighted by Gasteiger charge is -2.05. The van der Waals surface area contributed by atoms with Crippen molar-refractivity contribution in [2.24, 2.45) is 0 Å². The number of amides is 1. The molecule has 1 heterocycles. The Bertz CT molecular complexity index is 511. The highest BCUT2D eigenvalue weighted by atomic mass is 35.5. The molecule has 18 heavy (non-hydrogen) atoms. The molecule has 1 amide bonds. The van der Waals surface area contributed by atoms with Crippen molar-refractivity contribution in [3.8, 4) is 0 Å². The van der Waals surface area contributed by atoms with Gasteiger partial charge in [-0.1, -0.05) is 23.7 Å². The van der Waals surface area contributed by atoms with Crippen molar-refractivity contribution in [2.75, 3.05) is 6.54 Å². The number of rotatable bonds is 5. The summed E-state index contributed by atoms with van der Waals surface area (Å²) in [5, 5.41) is 3.31. The summed E-state index contributed by atoms with van der Waals surface area (Å²) >= 11 is 5.94. The third-order valence-corrected chi connectivity index (χ3v) is 2.88. The minimum Gasteiger partial charge on any atom is -0.352 e. The highest BCUT2D eigenvalue weighted by Crippen LogP contribution is 2.14. The third kappa shape index (κ3) is 3.34. The van der Waals surface area contributed by atoms with Gasteiger partial charge in [0.15, 0.2) is 0 Å². The SMILES string of the molecule is O=C(NCCCc1ncc[nH]1)c1ccccc1Cl. The van der Waals surface area contributed by atoms with Gasteiger partial charge in [0.05, 0.1) is 10.6 Å². The predicted molar refractivity (Wildman–Crippen MR) is 70.7 cm³/mol. The summed E-state index contributed by atoms with van der Waals surface area (Å²) in [5.74, 6) is 0.794. The second-order valence-electron chi connectivity index (χ2n) is 3.88. The van der Waals surface area contributed by atoms with Crippen LogP contribution in [0.15, 0.2) is 36.7 Å². The van der Waals surface area contributed by atoms with Gasteiger partial charge in [-0.25, -0.2) is 4.98 Å². The van der Waals surface area contributed by atoms with E-state index in [1.165, 1.54) is 0 Å². The minimum absolute atomic E-state index is 0.139. The third-order valence-electron chi connectivity index (χ3n) is 2.55. The smallest absolute Gasteiger partial charge is 0.252 e. The van der Waals surface area contributed by atoms with Gasteiger partial charge >= 0.3 is 0 Å². The van der Waals surface area contributed by atoms with E-state index >= 15 is 0 Å². The molecule has 0 bridgehead atoms. The van der Waals surface area contributed by atoms with Crippen LogP contribution in [-0.4, -0.2) is 22.4 Å². The molecule has 0 fully saturated rings. The Morgan fingerprint density at radius 1 is 1.39 bits per heavy atom. The number of imidazole rings is 1. The molecule has 0 aliphatic carbocycles. The van der Waals surface area contributed by atoms with Crippen molar-refractivity contribution in [2.45, 2.75) is 12.8 Å². The van der Waals surface area contributed by atoms with E-state index in [1.54, 1.807) is 36.7 Å². The van der Waals surface area contributed by atoms with Gasteiger partial charge in [-0.3, -0.25) is 4.79 Å². The lowest BCUT2D eigenvalue weighted by Crippen LogP contribution is -2.25. The molecule has 2 N–H and O–H groups in total. The number of aromatic amines is 1. The molecule has 0 atom stereocenters. The topological polar surface area (TPSA) is 57.8 Å². The van der Waals surface area contributed by atoms with E-state index in [2.05, 4.69) is 15.3 Å². The number of carbonyl (C=O) groups excluding carboxylic acids is 1. The van der Waals surface area contributed by atoms with E-state index in [0.29, 0.717) is 17.1 Å². The van der Waals surface area contributed by atoms with Crippen LogP contribution in [0.1, 0.15) is 22.6 Å². The van der Waals surface area contributed by atoms with E-state index in [-0.39, 0.29) is 5.91 Å². The van der Waals surface area contributed by atoms with Gasteiger partial charge in [-0.2, -0.15) is 0 Å². The summed E-state index contributed by atoms with van der Waals surface area (Å²) in [6, 6.07) is 7.02. The maximum Gasteiger partial charge on any atom is 0.252 e. The molecular formula is C13H14ClN3O. The van der Waals surface area contributed by atoms with Crippen molar-refractivity contribution in [3.63, 3.8) is 0 Å². The number of hydrogen-bond acceptors (Lipinski definition) is 2. The van der Waals surface area contributed by atoms with E-state index in [1.807, 2.05) is 0 Å². The van der Waals surface area contributed by atoms with Gasteiger partial charge < -0.3 is 10.3 Å². The monoisotopic (exact) mass is 263 g/mol. The molecule has 0 saturated carbocycles. The molecule has 2 rings (SSSR count). The van der Waals surface area contributed by atoms with E-state index in [0.717, 1.165) is 18.7 Å². The number of nitrogens with one attached hydrogen (secondary N) is 2. The Hall–Kier alpha value is -1.81. The summed E-state index contributed by atoms with van der Waals surface area (Å²) in [6.07, 6.45) is 5.16. The Balaban J connectivity index is 1.77. The van der Waals surface area contributed by atoms with Crippen LogP contribution in [0.4, 0.5) is 0 Å². The minimum atomic E-state index is -0.139. The van der Waals surface area contributed by atoms with Crippen LogP contribution < -0.4 is 5.32 Å². The van der Waals surface area contributed by atoms with Gasteiger partial charge in [0.1, 0.15) is 5.82 Å². The Morgan fingerprint density at radius 3 is 2.94 bits per heavy atom. The van der Waals surface area contributed by atoms with E-state index < -0.39 is 0 Å². The van der Waals surface area contributed by atoms with Gasteiger partial charge in [-0.05, 0) is 18.6 Å². The highest BCUT2D eigenvalue weighted by molar-refractivity contribution is 6.33. The van der Waals surface area contributed by atoms with Gasteiger partial charge in [0.2, 0.25) is 0 Å². The molecule has 0 spiro atoms. The fourth-order valence-corrected chi connectivity index (χ4v) is 1.85. The number of halogens is 1. The zero-order chi connectivity index (χ0) is 12.8. The van der Waals surface area contributed by atoms with Crippen LogP contribution in [0.2, 0.25) is 5.02 Å². The maximum absolute atomic E-state index is 11.8. The fourth-order valence-electron chi connectivity index (χ4n) is 1.63. The molecule has 0 aliphatic rings. The van der Waals surface area contributed by atoms with Gasteiger partial charge in [0, 0.05) is 25.4 Å². The predicted octanol–water partition coefficient (Wildman–Crippen LogP) is 2.43. The number of carbonyl (C=O) groups is 1. The van der Waals surface area contributed by atoms with Crippen LogP contribution in [-0.2, 0) is 6.42 Å². The number of nitrogens with zero attached hydrogens (tertiary/aromatic N) is 1. The van der Waals surface area contributed by atoms with E-state index in [9.17, 15) is 4.79 Å². The molecule has 0 radical (unpaired) electrons. The first kappa shape index (κ1) is 12.6. The first-order chi connectivity index (χ1) is 8.77. The number of benzene rings is 1. The first-order valence-corrected chi connectivity index (χ1v) is 6.16. The second kappa shape index (κ2) is 6.21. The molecule has 0 unspecified atom stereocenters. The number of hydrogen-bond donors (Lipinski definition) is 2. The van der Waals surface area contributed by atoms with Crippen LogP contribution in [0, 0.1) is 0 Å². The van der Waals surface area contributed by atoms with Crippen molar-refractivity contribution < 1.29 is 4.79 Å². The van der Waals surface area contributed by atoms with Crippen LogP contribution in [0.25, 0.3) is 0 Å². The summed E-state index contributed by atoms with van der Waals surface area (Å²) in [5.41, 5.74) is 0.511. The zero-order valence-electron chi connectivity index (χ0n) is 9.82. The summed E-state index contributed by atoms with van der Waals surface area (Å²) in [7, 11) is 0. The highest BCUT2D eigenvalue weighted by Gasteiger charge is 2.08. The summed E-state index contributed by atoms with van der Waals surface area (Å²) < 4.78 is 0.